The van der Waals surface area contributed by atoms with Gasteiger partial charge in [-0.2, -0.15) is 0 Å². The predicted octanol–water partition coefficient (Wildman–Crippen LogP) is 4.02. The Kier molecular flexibility index (Phi) is 7.63. The Bertz CT molecular complexity index is 804. The smallest absolute Gasteiger partial charge is 0.257 e. The summed E-state index contributed by atoms with van der Waals surface area (Å²) in [4.78, 5) is 19.2. The maximum absolute atomic E-state index is 13.9. The van der Waals surface area contributed by atoms with Crippen molar-refractivity contribution in [3.8, 4) is 0 Å². The second-order valence-electron chi connectivity index (χ2n) is 7.22. The quantitative estimate of drug-likeness (QED) is 0.777. The number of piperidine rings is 1. The maximum atomic E-state index is 13.9. The highest BCUT2D eigenvalue weighted by molar-refractivity contribution is 5.99. The summed E-state index contributed by atoms with van der Waals surface area (Å²) in [6.07, 6.45) is 4.86. The van der Waals surface area contributed by atoms with Crippen LogP contribution in [0.2, 0.25) is 0 Å². The molecular weight excluding hydrogens is 402 g/mol. The van der Waals surface area contributed by atoms with Crippen molar-refractivity contribution in [1.82, 2.24) is 15.2 Å². The minimum absolute atomic E-state index is 0. The third-order valence-electron chi connectivity index (χ3n) is 5.61. The normalized spacial score (nSPS) is 17.5. The van der Waals surface area contributed by atoms with E-state index in [0.717, 1.165) is 39.0 Å². The number of benzene rings is 1. The van der Waals surface area contributed by atoms with E-state index in [0.29, 0.717) is 22.5 Å². The van der Waals surface area contributed by atoms with Crippen LogP contribution in [0.5, 0.6) is 0 Å². The Labute approximate surface area is 176 Å². The number of halogens is 3. The Morgan fingerprint density at radius 1 is 1.11 bits per heavy atom. The van der Waals surface area contributed by atoms with Crippen molar-refractivity contribution in [3.63, 3.8) is 0 Å². The highest BCUT2D eigenvalue weighted by Gasteiger charge is 2.38. The summed E-state index contributed by atoms with van der Waals surface area (Å²) in [5.74, 6) is -0.0200. The molecule has 3 heterocycles. The van der Waals surface area contributed by atoms with Crippen molar-refractivity contribution in [3.05, 3.63) is 54.0 Å². The minimum Gasteiger partial charge on any atom is -0.338 e. The highest BCUT2D eigenvalue weighted by Crippen LogP contribution is 2.37. The number of aromatic nitrogens is 1. The lowest BCUT2D eigenvalue weighted by atomic mass is 9.78. The van der Waals surface area contributed by atoms with Gasteiger partial charge >= 0.3 is 0 Å². The lowest BCUT2D eigenvalue weighted by Crippen LogP contribution is -2.44. The molecular formula is C20H25Cl2FN4O. The lowest BCUT2D eigenvalue weighted by Gasteiger charge is -2.39. The van der Waals surface area contributed by atoms with E-state index in [1.54, 1.807) is 36.5 Å². The molecule has 1 aromatic heterocycles. The van der Waals surface area contributed by atoms with Crippen LogP contribution in [0.15, 0.2) is 42.6 Å². The van der Waals surface area contributed by atoms with Gasteiger partial charge in [0, 0.05) is 25.8 Å². The van der Waals surface area contributed by atoms with Crippen LogP contribution in [0.25, 0.3) is 0 Å². The van der Waals surface area contributed by atoms with Crippen LogP contribution < -0.4 is 10.6 Å². The molecule has 0 bridgehead atoms. The van der Waals surface area contributed by atoms with E-state index in [1.807, 2.05) is 4.90 Å². The van der Waals surface area contributed by atoms with E-state index in [4.69, 9.17) is 0 Å². The number of hydrogen-bond acceptors (Lipinski definition) is 4. The molecule has 4 rings (SSSR count). The number of likely N-dealkylation sites (tertiary alicyclic amines) is 1. The van der Waals surface area contributed by atoms with Gasteiger partial charge in [0.15, 0.2) is 0 Å². The van der Waals surface area contributed by atoms with E-state index in [1.165, 1.54) is 12.5 Å². The van der Waals surface area contributed by atoms with Crippen LogP contribution >= 0.6 is 24.8 Å². The van der Waals surface area contributed by atoms with Crippen molar-refractivity contribution < 1.29 is 9.18 Å². The Morgan fingerprint density at radius 3 is 2.54 bits per heavy atom. The first-order valence-electron chi connectivity index (χ1n) is 9.13. The largest absolute Gasteiger partial charge is 0.338 e. The van der Waals surface area contributed by atoms with Gasteiger partial charge in [-0.15, -0.1) is 24.8 Å². The molecule has 2 N–H and O–H groups in total. The van der Waals surface area contributed by atoms with Gasteiger partial charge in [-0.1, -0.05) is 12.1 Å². The number of amides is 1. The van der Waals surface area contributed by atoms with E-state index in [9.17, 15) is 9.18 Å². The summed E-state index contributed by atoms with van der Waals surface area (Å²) in [6, 6.07) is 9.89. The second-order valence-corrected chi connectivity index (χ2v) is 7.22. The fourth-order valence-electron chi connectivity index (χ4n) is 3.94. The molecule has 0 radical (unpaired) electrons. The Balaban J connectivity index is 0.00000140. The van der Waals surface area contributed by atoms with Crippen LogP contribution in [0.4, 0.5) is 15.9 Å². The Morgan fingerprint density at radius 2 is 1.86 bits per heavy atom. The van der Waals surface area contributed by atoms with Crippen LogP contribution in [0, 0.1) is 11.2 Å². The molecule has 5 nitrogen and oxygen atoms in total. The first kappa shape index (κ1) is 22.4. The van der Waals surface area contributed by atoms with Gasteiger partial charge in [-0.3, -0.25) is 4.79 Å². The number of carbonyl (C=O) groups is 1. The van der Waals surface area contributed by atoms with Gasteiger partial charge in [0.1, 0.15) is 11.6 Å². The summed E-state index contributed by atoms with van der Waals surface area (Å²) in [5.41, 5.74) is 1.16. The van der Waals surface area contributed by atoms with Crippen LogP contribution in [-0.4, -0.2) is 42.0 Å². The average molecular weight is 427 g/mol. The topological polar surface area (TPSA) is 57.3 Å². The number of nitrogens with one attached hydrogen (secondary N) is 2. The van der Waals surface area contributed by atoms with E-state index in [-0.39, 0.29) is 36.5 Å². The summed E-state index contributed by atoms with van der Waals surface area (Å²) in [6.45, 7) is 3.65. The van der Waals surface area contributed by atoms with Gasteiger partial charge in [-0.25, -0.2) is 9.37 Å². The molecule has 2 fully saturated rings. The zero-order valence-electron chi connectivity index (χ0n) is 15.5. The number of carbonyl (C=O) groups excluding carboxylic acids is 1. The number of para-hydroxylation sites is 1. The van der Waals surface area contributed by atoms with Gasteiger partial charge in [0.05, 0.1) is 11.3 Å². The van der Waals surface area contributed by atoms with Gasteiger partial charge in [-0.05, 0) is 55.5 Å². The summed E-state index contributed by atoms with van der Waals surface area (Å²) < 4.78 is 13.9. The third kappa shape index (κ3) is 4.57. The molecule has 0 atom stereocenters. The predicted molar refractivity (Wildman–Crippen MR) is 113 cm³/mol. The molecule has 1 spiro atoms. The van der Waals surface area contributed by atoms with Crippen LogP contribution in [0.1, 0.15) is 29.6 Å². The number of hydrogen-bond donors (Lipinski definition) is 2. The molecule has 28 heavy (non-hydrogen) atoms. The fourth-order valence-corrected chi connectivity index (χ4v) is 3.94. The van der Waals surface area contributed by atoms with E-state index < -0.39 is 0 Å². The third-order valence-corrected chi connectivity index (χ3v) is 5.61. The first-order valence-corrected chi connectivity index (χ1v) is 9.13. The molecule has 2 aromatic rings. The number of anilines is 2. The zero-order chi connectivity index (χ0) is 18.0. The monoisotopic (exact) mass is 426 g/mol. The molecule has 0 saturated carbocycles. The molecule has 1 aromatic carbocycles. The van der Waals surface area contributed by atoms with Gasteiger partial charge in [0.2, 0.25) is 0 Å². The molecule has 152 valence electrons. The molecule has 1 amide bonds. The van der Waals surface area contributed by atoms with Crippen molar-refractivity contribution in [2.45, 2.75) is 19.3 Å². The number of rotatable bonds is 3. The second kappa shape index (κ2) is 9.54. The highest BCUT2D eigenvalue weighted by atomic mass is 35.5. The average Bonchev–Trinajstić information content (AvgIpc) is 3.12. The lowest BCUT2D eigenvalue weighted by molar-refractivity contribution is 0.0608. The van der Waals surface area contributed by atoms with Crippen molar-refractivity contribution in [2.75, 3.05) is 31.5 Å². The van der Waals surface area contributed by atoms with E-state index >= 15 is 0 Å². The first-order chi connectivity index (χ1) is 12.7. The standard InChI is InChI=1S/C20H23FN4O.2ClH/c21-16-5-1-2-6-17(16)24-18-15(4-3-10-23-18)19(26)25-12-8-20(9-13-25)7-11-22-14-20;;/h1-6,10,22H,7-9,11-14H2,(H,23,24);2*1H. The van der Waals surface area contributed by atoms with Crippen molar-refractivity contribution in [1.29, 1.82) is 0 Å². The summed E-state index contributed by atoms with van der Waals surface area (Å²) in [5, 5.41) is 6.41. The zero-order valence-corrected chi connectivity index (χ0v) is 17.1. The molecule has 0 aliphatic carbocycles. The molecule has 2 aliphatic rings. The maximum Gasteiger partial charge on any atom is 0.257 e. The molecule has 0 unspecified atom stereocenters. The van der Waals surface area contributed by atoms with Crippen molar-refractivity contribution >= 4 is 42.2 Å². The molecule has 2 aliphatic heterocycles. The minimum atomic E-state index is -0.370. The van der Waals surface area contributed by atoms with Crippen LogP contribution in [0.3, 0.4) is 0 Å². The van der Waals surface area contributed by atoms with Crippen molar-refractivity contribution in [2.24, 2.45) is 5.41 Å². The summed E-state index contributed by atoms with van der Waals surface area (Å²) in [7, 11) is 0. The fraction of sp³-hybridized carbons (Fsp3) is 0.400. The number of nitrogens with zero attached hydrogens (tertiary/aromatic N) is 2. The van der Waals surface area contributed by atoms with Crippen LogP contribution in [-0.2, 0) is 0 Å². The summed E-state index contributed by atoms with van der Waals surface area (Å²) >= 11 is 0. The molecule has 8 heteroatoms. The van der Waals surface area contributed by atoms with Gasteiger partial charge < -0.3 is 15.5 Å². The van der Waals surface area contributed by atoms with Gasteiger partial charge in [0.25, 0.3) is 5.91 Å². The molecule has 2 saturated heterocycles. The Hall–Kier alpha value is -1.89. The van der Waals surface area contributed by atoms with E-state index in [2.05, 4.69) is 15.6 Å². The number of pyridine rings is 1. The SMILES string of the molecule is Cl.Cl.O=C(c1cccnc1Nc1ccccc1F)N1CCC2(CCNC2)CC1.